The molecule has 25 heavy (non-hydrogen) atoms. The number of nitrogens with zero attached hydrogens (tertiary/aromatic N) is 1. The SMILES string of the molecule is C=CCO[C@H]1CCCNC1.CC(C)(C)OC(=O)N1CCC[C@H](O)C1.Cl. The van der Waals surface area contributed by atoms with E-state index in [1.54, 1.807) is 11.0 Å². The Morgan fingerprint density at radius 1 is 1.36 bits per heavy atom. The minimum atomic E-state index is -0.459. The molecule has 0 aliphatic carbocycles. The van der Waals surface area contributed by atoms with Crippen LogP contribution in [-0.2, 0) is 9.47 Å². The summed E-state index contributed by atoms with van der Waals surface area (Å²) in [6, 6.07) is 0. The monoisotopic (exact) mass is 378 g/mol. The smallest absolute Gasteiger partial charge is 0.410 e. The van der Waals surface area contributed by atoms with E-state index < -0.39 is 11.7 Å². The van der Waals surface area contributed by atoms with E-state index >= 15 is 0 Å². The average Bonchev–Trinajstić information content (AvgIpc) is 2.53. The Morgan fingerprint density at radius 2 is 2.08 bits per heavy atom. The fourth-order valence-corrected chi connectivity index (χ4v) is 2.61. The van der Waals surface area contributed by atoms with Crippen molar-refractivity contribution in [2.45, 2.75) is 64.3 Å². The summed E-state index contributed by atoms with van der Waals surface area (Å²) >= 11 is 0. The molecule has 2 saturated heterocycles. The molecule has 6 nitrogen and oxygen atoms in total. The van der Waals surface area contributed by atoms with Crippen LogP contribution in [-0.4, -0.2) is 66.7 Å². The molecule has 0 aromatic heterocycles. The Hall–Kier alpha value is -0.820. The summed E-state index contributed by atoms with van der Waals surface area (Å²) in [5, 5.41) is 12.7. The Bertz CT molecular complexity index is 382. The van der Waals surface area contributed by atoms with Crippen LogP contribution in [0.25, 0.3) is 0 Å². The van der Waals surface area contributed by atoms with Gasteiger partial charge in [0.2, 0.25) is 0 Å². The number of nitrogens with one attached hydrogen (secondary N) is 1. The molecule has 2 N–H and O–H groups in total. The summed E-state index contributed by atoms with van der Waals surface area (Å²) < 4.78 is 10.7. The second-order valence-corrected chi connectivity index (χ2v) is 7.31. The molecule has 2 aliphatic heterocycles. The topological polar surface area (TPSA) is 71.0 Å². The second-order valence-electron chi connectivity index (χ2n) is 7.31. The molecule has 0 saturated carbocycles. The third kappa shape index (κ3) is 11.4. The number of β-amino-alcohol motifs (C(OH)–C–C–N with tert-alkyl or cyclic N) is 1. The van der Waals surface area contributed by atoms with Gasteiger partial charge in [0, 0.05) is 19.6 Å². The number of halogens is 1. The molecule has 2 fully saturated rings. The van der Waals surface area contributed by atoms with E-state index in [0.717, 1.165) is 25.9 Å². The number of likely N-dealkylation sites (tertiary alicyclic amines) is 1. The van der Waals surface area contributed by atoms with Crippen molar-refractivity contribution in [2.24, 2.45) is 0 Å². The first-order valence-corrected chi connectivity index (χ1v) is 8.91. The predicted molar refractivity (Wildman–Crippen MR) is 102 cm³/mol. The van der Waals surface area contributed by atoms with Crippen molar-refractivity contribution in [2.75, 3.05) is 32.8 Å². The number of aliphatic hydroxyl groups excluding tert-OH is 1. The van der Waals surface area contributed by atoms with Crippen LogP contribution >= 0.6 is 12.4 Å². The van der Waals surface area contributed by atoms with Gasteiger partial charge in [-0.05, 0) is 53.0 Å². The van der Waals surface area contributed by atoms with Gasteiger partial charge in [0.15, 0.2) is 0 Å². The van der Waals surface area contributed by atoms with Crippen LogP contribution in [0.1, 0.15) is 46.5 Å². The van der Waals surface area contributed by atoms with Gasteiger partial charge in [-0.25, -0.2) is 4.79 Å². The van der Waals surface area contributed by atoms with Crippen LogP contribution in [0.5, 0.6) is 0 Å². The number of aliphatic hydroxyl groups is 1. The third-order valence-electron chi connectivity index (χ3n) is 3.75. The summed E-state index contributed by atoms with van der Waals surface area (Å²) in [4.78, 5) is 13.1. The molecule has 2 atom stereocenters. The zero-order valence-corrected chi connectivity index (χ0v) is 16.6. The van der Waals surface area contributed by atoms with Crippen LogP contribution in [0.3, 0.4) is 0 Å². The standard InChI is InChI=1S/C10H19NO3.C8H15NO.ClH/c1-10(2,3)14-9(13)11-6-4-5-8(12)7-11;1-2-6-10-8-4-3-5-9-7-8;/h8,12H,4-7H2,1-3H3;2,8-9H,1,3-7H2;1H/t2*8-;/m00./s1. The highest BCUT2D eigenvalue weighted by Crippen LogP contribution is 2.14. The highest BCUT2D eigenvalue weighted by molar-refractivity contribution is 5.85. The molecule has 148 valence electrons. The number of hydrogen-bond acceptors (Lipinski definition) is 5. The molecule has 0 unspecified atom stereocenters. The van der Waals surface area contributed by atoms with Gasteiger partial charge >= 0.3 is 6.09 Å². The number of rotatable bonds is 3. The van der Waals surface area contributed by atoms with Crippen LogP contribution < -0.4 is 5.32 Å². The molecule has 1 amide bonds. The zero-order valence-electron chi connectivity index (χ0n) is 15.8. The van der Waals surface area contributed by atoms with Crippen molar-refractivity contribution in [1.29, 1.82) is 0 Å². The first kappa shape index (κ1) is 24.2. The number of carbonyl (C=O) groups is 1. The maximum atomic E-state index is 11.6. The summed E-state index contributed by atoms with van der Waals surface area (Å²) in [6.07, 6.45) is 5.57. The quantitative estimate of drug-likeness (QED) is 0.739. The predicted octanol–water partition coefficient (Wildman–Crippen LogP) is 2.74. The molecule has 2 heterocycles. The molecule has 0 aromatic carbocycles. The summed E-state index contributed by atoms with van der Waals surface area (Å²) in [6.45, 7) is 13.0. The van der Waals surface area contributed by atoms with Crippen molar-refractivity contribution in [1.82, 2.24) is 10.2 Å². The molecule has 0 aromatic rings. The van der Waals surface area contributed by atoms with Gasteiger partial charge in [-0.15, -0.1) is 19.0 Å². The number of carbonyl (C=O) groups excluding carboxylic acids is 1. The van der Waals surface area contributed by atoms with Crippen LogP contribution in [0.2, 0.25) is 0 Å². The van der Waals surface area contributed by atoms with Gasteiger partial charge in [0.05, 0.1) is 18.8 Å². The highest BCUT2D eigenvalue weighted by atomic mass is 35.5. The van der Waals surface area contributed by atoms with Crippen molar-refractivity contribution in [3.63, 3.8) is 0 Å². The highest BCUT2D eigenvalue weighted by Gasteiger charge is 2.26. The fourth-order valence-electron chi connectivity index (χ4n) is 2.61. The zero-order chi connectivity index (χ0) is 18.0. The normalized spacial score (nSPS) is 23.6. The van der Waals surface area contributed by atoms with E-state index in [2.05, 4.69) is 11.9 Å². The molecular formula is C18H35ClN2O4. The Kier molecular flexibility index (Phi) is 12.1. The fraction of sp³-hybridized carbons (Fsp3) is 0.833. The van der Waals surface area contributed by atoms with Crippen LogP contribution in [0, 0.1) is 0 Å². The van der Waals surface area contributed by atoms with E-state index in [1.807, 2.05) is 20.8 Å². The van der Waals surface area contributed by atoms with E-state index in [1.165, 1.54) is 12.8 Å². The van der Waals surface area contributed by atoms with Gasteiger partial charge in [0.25, 0.3) is 0 Å². The van der Waals surface area contributed by atoms with Crippen LogP contribution in [0.4, 0.5) is 4.79 Å². The summed E-state index contributed by atoms with van der Waals surface area (Å²) in [7, 11) is 0. The van der Waals surface area contributed by atoms with Crippen molar-refractivity contribution in [3.05, 3.63) is 12.7 Å². The number of piperidine rings is 2. The van der Waals surface area contributed by atoms with Crippen molar-refractivity contribution < 1.29 is 19.4 Å². The first-order valence-electron chi connectivity index (χ1n) is 8.91. The third-order valence-corrected chi connectivity index (χ3v) is 3.75. The summed E-state index contributed by atoms with van der Waals surface area (Å²) in [5.74, 6) is 0. The van der Waals surface area contributed by atoms with Gasteiger partial charge < -0.3 is 24.8 Å². The maximum absolute atomic E-state index is 11.6. The first-order chi connectivity index (χ1) is 11.3. The molecule has 0 radical (unpaired) electrons. The Balaban J connectivity index is 0.000000465. The van der Waals surface area contributed by atoms with E-state index in [-0.39, 0.29) is 18.5 Å². The van der Waals surface area contributed by atoms with E-state index in [0.29, 0.717) is 25.8 Å². The molecule has 2 aliphatic rings. The molecule has 0 bridgehead atoms. The minimum absolute atomic E-state index is 0. The minimum Gasteiger partial charge on any atom is -0.444 e. The lowest BCUT2D eigenvalue weighted by atomic mass is 10.1. The average molecular weight is 379 g/mol. The van der Waals surface area contributed by atoms with Crippen molar-refractivity contribution >= 4 is 18.5 Å². The largest absolute Gasteiger partial charge is 0.444 e. The molecular weight excluding hydrogens is 344 g/mol. The molecule has 2 rings (SSSR count). The van der Waals surface area contributed by atoms with Crippen molar-refractivity contribution in [3.8, 4) is 0 Å². The van der Waals surface area contributed by atoms with Gasteiger partial charge in [-0.3, -0.25) is 0 Å². The number of amides is 1. The Morgan fingerprint density at radius 3 is 2.60 bits per heavy atom. The molecule has 0 spiro atoms. The van der Waals surface area contributed by atoms with Gasteiger partial charge in [0.1, 0.15) is 5.60 Å². The maximum Gasteiger partial charge on any atom is 0.410 e. The Labute approximate surface area is 158 Å². The van der Waals surface area contributed by atoms with Gasteiger partial charge in [-0.2, -0.15) is 0 Å². The summed E-state index contributed by atoms with van der Waals surface area (Å²) in [5.41, 5.74) is -0.459. The van der Waals surface area contributed by atoms with Gasteiger partial charge in [-0.1, -0.05) is 6.08 Å². The van der Waals surface area contributed by atoms with E-state index in [4.69, 9.17) is 9.47 Å². The number of hydrogen-bond donors (Lipinski definition) is 2. The van der Waals surface area contributed by atoms with E-state index in [9.17, 15) is 9.90 Å². The number of ether oxygens (including phenoxy) is 2. The lowest BCUT2D eigenvalue weighted by molar-refractivity contribution is 0.00391. The lowest BCUT2D eigenvalue weighted by Crippen LogP contribution is -2.44. The lowest BCUT2D eigenvalue weighted by Gasteiger charge is -2.32. The second kappa shape index (κ2) is 12.5. The molecule has 7 heteroatoms. The van der Waals surface area contributed by atoms with Crippen LogP contribution in [0.15, 0.2) is 12.7 Å².